The summed E-state index contributed by atoms with van der Waals surface area (Å²) < 4.78 is 16.4. The molecule has 5 nitrogen and oxygen atoms in total. The van der Waals surface area contributed by atoms with Gasteiger partial charge in [-0.2, -0.15) is 0 Å². The summed E-state index contributed by atoms with van der Waals surface area (Å²) >= 11 is 4.22. The molecule has 0 bridgehead atoms. The van der Waals surface area contributed by atoms with Gasteiger partial charge in [-0.3, -0.25) is 9.36 Å². The van der Waals surface area contributed by atoms with E-state index >= 15 is 0 Å². The van der Waals surface area contributed by atoms with Crippen LogP contribution in [0.5, 0.6) is 0 Å². The van der Waals surface area contributed by atoms with Gasteiger partial charge in [-0.15, -0.1) is 10.2 Å². The van der Waals surface area contributed by atoms with Gasteiger partial charge in [0.15, 0.2) is 5.16 Å². The molecule has 2 aromatic rings. The molecule has 0 aliphatic heterocycles. The maximum Gasteiger partial charge on any atom is 0.313 e. The highest BCUT2D eigenvalue weighted by atomic mass is 79.9. The lowest BCUT2D eigenvalue weighted by Crippen LogP contribution is -2.07. The van der Waals surface area contributed by atoms with Crippen LogP contribution in [0.25, 0.3) is 5.69 Å². The van der Waals surface area contributed by atoms with Gasteiger partial charge in [0.2, 0.25) is 0 Å². The van der Waals surface area contributed by atoms with E-state index < -0.39 is 11.8 Å². The predicted octanol–water partition coefficient (Wildman–Crippen LogP) is 3.47. The molecule has 1 aromatic carbocycles. The van der Waals surface area contributed by atoms with Gasteiger partial charge >= 0.3 is 5.97 Å². The summed E-state index contributed by atoms with van der Waals surface area (Å²) in [4.78, 5) is 10.7. The molecule has 0 spiro atoms. The third-order valence-electron chi connectivity index (χ3n) is 2.65. The largest absolute Gasteiger partial charge is 0.481 e. The Bertz CT molecular complexity index is 675. The van der Waals surface area contributed by atoms with Crippen LogP contribution in [0.1, 0.15) is 25.6 Å². The van der Waals surface area contributed by atoms with Crippen LogP contribution in [-0.4, -0.2) is 31.6 Å². The molecule has 0 aliphatic carbocycles. The average molecular weight is 374 g/mol. The lowest BCUT2D eigenvalue weighted by molar-refractivity contribution is -0.133. The average Bonchev–Trinajstić information content (AvgIpc) is 2.80. The number of halogens is 2. The molecular formula is C13H13BrFN3O2S. The van der Waals surface area contributed by atoms with E-state index in [-0.39, 0.29) is 11.7 Å². The third kappa shape index (κ3) is 3.62. The Morgan fingerprint density at radius 3 is 2.76 bits per heavy atom. The van der Waals surface area contributed by atoms with E-state index in [1.165, 1.54) is 6.07 Å². The second kappa shape index (κ2) is 6.57. The van der Waals surface area contributed by atoms with Crippen LogP contribution in [0.4, 0.5) is 4.39 Å². The minimum absolute atomic E-state index is 0.0275. The third-order valence-corrected chi connectivity index (χ3v) is 4.06. The van der Waals surface area contributed by atoms with Crippen molar-refractivity contribution in [3.8, 4) is 5.69 Å². The molecule has 0 atom stereocenters. The monoisotopic (exact) mass is 373 g/mol. The van der Waals surface area contributed by atoms with Gasteiger partial charge in [-0.1, -0.05) is 41.5 Å². The Hall–Kier alpha value is -1.41. The van der Waals surface area contributed by atoms with E-state index in [1.54, 1.807) is 16.7 Å². The quantitative estimate of drug-likeness (QED) is 0.812. The van der Waals surface area contributed by atoms with Gasteiger partial charge < -0.3 is 5.11 Å². The fourth-order valence-corrected chi connectivity index (χ4v) is 2.77. The second-order valence-corrected chi connectivity index (χ2v) is 6.47. The minimum Gasteiger partial charge on any atom is -0.481 e. The first kappa shape index (κ1) is 16.0. The Kier molecular flexibility index (Phi) is 5.00. The Morgan fingerprint density at radius 2 is 2.19 bits per heavy atom. The van der Waals surface area contributed by atoms with Gasteiger partial charge in [-0.05, 0) is 18.2 Å². The fourth-order valence-electron chi connectivity index (χ4n) is 1.76. The van der Waals surface area contributed by atoms with Crippen LogP contribution in [0.3, 0.4) is 0 Å². The highest BCUT2D eigenvalue weighted by Gasteiger charge is 2.20. The number of aromatic nitrogens is 3. The smallest absolute Gasteiger partial charge is 0.313 e. The van der Waals surface area contributed by atoms with Crippen LogP contribution >= 0.6 is 27.7 Å². The number of carboxylic acid groups (broad SMARTS) is 1. The lowest BCUT2D eigenvalue weighted by atomic mass is 10.2. The molecule has 0 saturated heterocycles. The second-order valence-electron chi connectivity index (χ2n) is 4.61. The summed E-state index contributed by atoms with van der Waals surface area (Å²) in [6.07, 6.45) is 0. The first-order chi connectivity index (χ1) is 9.90. The van der Waals surface area contributed by atoms with Crippen molar-refractivity contribution in [3.05, 3.63) is 34.3 Å². The number of hydrogen-bond acceptors (Lipinski definition) is 4. The SMILES string of the molecule is CC(C)c1nnc(SCC(=O)O)n1-c1ccc(Br)cc1F. The Labute approximate surface area is 133 Å². The summed E-state index contributed by atoms with van der Waals surface area (Å²) in [5.74, 6) is -0.932. The molecule has 21 heavy (non-hydrogen) atoms. The lowest BCUT2D eigenvalue weighted by Gasteiger charge is -2.12. The van der Waals surface area contributed by atoms with Crippen LogP contribution in [0, 0.1) is 5.82 Å². The fraction of sp³-hybridized carbons (Fsp3) is 0.308. The molecule has 2 rings (SSSR count). The number of hydrogen-bond donors (Lipinski definition) is 1. The van der Waals surface area contributed by atoms with Gasteiger partial charge in [0.25, 0.3) is 0 Å². The Balaban J connectivity index is 2.52. The van der Waals surface area contributed by atoms with Gasteiger partial charge in [0.05, 0.1) is 11.4 Å². The number of carboxylic acids is 1. The predicted molar refractivity (Wildman–Crippen MR) is 81.5 cm³/mol. The topological polar surface area (TPSA) is 68.0 Å². The summed E-state index contributed by atoms with van der Waals surface area (Å²) in [5, 5.41) is 17.2. The molecule has 8 heteroatoms. The van der Waals surface area contributed by atoms with E-state index in [1.807, 2.05) is 13.8 Å². The zero-order chi connectivity index (χ0) is 15.6. The van der Waals surface area contributed by atoms with Crippen molar-refractivity contribution in [2.45, 2.75) is 24.9 Å². The van der Waals surface area contributed by atoms with Crippen molar-refractivity contribution in [1.82, 2.24) is 14.8 Å². The molecule has 1 heterocycles. The molecule has 112 valence electrons. The molecule has 0 saturated carbocycles. The van der Waals surface area contributed by atoms with Crippen molar-refractivity contribution < 1.29 is 14.3 Å². The van der Waals surface area contributed by atoms with E-state index in [2.05, 4.69) is 26.1 Å². The summed E-state index contributed by atoms with van der Waals surface area (Å²) in [7, 11) is 0. The standard InChI is InChI=1S/C13H13BrFN3O2S/c1-7(2)12-16-17-13(21-6-11(19)20)18(12)10-4-3-8(14)5-9(10)15/h3-5,7H,6H2,1-2H3,(H,19,20). The van der Waals surface area contributed by atoms with E-state index in [0.717, 1.165) is 11.8 Å². The first-order valence-corrected chi connectivity index (χ1v) is 7.93. The van der Waals surface area contributed by atoms with Crippen LogP contribution in [0.2, 0.25) is 0 Å². The maximum absolute atomic E-state index is 14.2. The van der Waals surface area contributed by atoms with Gasteiger partial charge in [0.1, 0.15) is 11.6 Å². The van der Waals surface area contributed by atoms with E-state index in [4.69, 9.17) is 5.11 Å². The molecule has 0 aliphatic rings. The van der Waals surface area contributed by atoms with Crippen molar-refractivity contribution in [2.24, 2.45) is 0 Å². The van der Waals surface area contributed by atoms with Crippen LogP contribution in [-0.2, 0) is 4.79 Å². The number of aliphatic carboxylic acids is 1. The zero-order valence-electron chi connectivity index (χ0n) is 11.4. The van der Waals surface area contributed by atoms with Crippen molar-refractivity contribution >= 4 is 33.7 Å². The molecule has 0 amide bonds. The van der Waals surface area contributed by atoms with Crippen LogP contribution in [0.15, 0.2) is 27.8 Å². The number of benzene rings is 1. The number of carbonyl (C=O) groups is 1. The molecule has 1 N–H and O–H groups in total. The van der Waals surface area contributed by atoms with Crippen LogP contribution < -0.4 is 0 Å². The van der Waals surface area contributed by atoms with Gasteiger partial charge in [-0.25, -0.2) is 4.39 Å². The van der Waals surface area contributed by atoms with Crippen molar-refractivity contribution in [3.63, 3.8) is 0 Å². The van der Waals surface area contributed by atoms with Crippen molar-refractivity contribution in [2.75, 3.05) is 5.75 Å². The minimum atomic E-state index is -0.961. The molecule has 1 aromatic heterocycles. The number of thioether (sulfide) groups is 1. The molecule has 0 unspecified atom stereocenters. The van der Waals surface area contributed by atoms with Gasteiger partial charge in [0, 0.05) is 10.4 Å². The molecule has 0 fully saturated rings. The number of nitrogens with zero attached hydrogens (tertiary/aromatic N) is 3. The summed E-state index contributed by atoms with van der Waals surface area (Å²) in [5.41, 5.74) is 0.305. The van der Waals surface area contributed by atoms with E-state index in [9.17, 15) is 9.18 Å². The first-order valence-electron chi connectivity index (χ1n) is 6.15. The van der Waals surface area contributed by atoms with E-state index in [0.29, 0.717) is 21.1 Å². The highest BCUT2D eigenvalue weighted by molar-refractivity contribution is 9.10. The Morgan fingerprint density at radius 1 is 1.48 bits per heavy atom. The summed E-state index contributed by atoms with van der Waals surface area (Å²) in [6.45, 7) is 3.84. The highest BCUT2D eigenvalue weighted by Crippen LogP contribution is 2.28. The molecule has 0 radical (unpaired) electrons. The molecular weight excluding hydrogens is 361 g/mol. The zero-order valence-corrected chi connectivity index (χ0v) is 13.8. The summed E-state index contributed by atoms with van der Waals surface area (Å²) in [6, 6.07) is 4.68. The maximum atomic E-state index is 14.2. The normalized spacial score (nSPS) is 11.1. The number of rotatable bonds is 5. The van der Waals surface area contributed by atoms with Crippen molar-refractivity contribution in [1.29, 1.82) is 0 Å².